The van der Waals surface area contributed by atoms with Crippen molar-refractivity contribution >= 4 is 39.3 Å². The summed E-state index contributed by atoms with van der Waals surface area (Å²) < 4.78 is 6.66. The molecule has 2 atom stereocenters. The third-order valence-electron chi connectivity index (χ3n) is 5.70. The van der Waals surface area contributed by atoms with Crippen molar-refractivity contribution in [1.82, 2.24) is 10.2 Å². The molecular formula is C28H30BrClN2O3. The second kappa shape index (κ2) is 13.3. The minimum atomic E-state index is -0.715. The molecule has 0 unspecified atom stereocenters. The molecule has 0 heterocycles. The van der Waals surface area contributed by atoms with Gasteiger partial charge in [0.1, 0.15) is 11.8 Å². The molecule has 0 aromatic heterocycles. The smallest absolute Gasteiger partial charge is 0.261 e. The zero-order chi connectivity index (χ0) is 25.2. The van der Waals surface area contributed by atoms with E-state index in [0.717, 1.165) is 22.0 Å². The molecule has 0 spiro atoms. The Hall–Kier alpha value is -2.83. The molecular weight excluding hydrogens is 528 g/mol. The molecule has 0 radical (unpaired) electrons. The van der Waals surface area contributed by atoms with Crippen LogP contribution in [-0.2, 0) is 22.6 Å². The highest BCUT2D eigenvalue weighted by molar-refractivity contribution is 9.10. The van der Waals surface area contributed by atoms with E-state index in [2.05, 4.69) is 21.2 Å². The molecule has 0 fully saturated rings. The van der Waals surface area contributed by atoms with Crippen LogP contribution in [0.1, 0.15) is 31.4 Å². The number of nitrogens with one attached hydrogen (secondary N) is 1. The maximum absolute atomic E-state index is 13.6. The first kappa shape index (κ1) is 26.8. The van der Waals surface area contributed by atoms with Gasteiger partial charge >= 0.3 is 0 Å². The van der Waals surface area contributed by atoms with E-state index >= 15 is 0 Å². The lowest BCUT2D eigenvalue weighted by atomic mass is 10.0. The molecule has 3 rings (SSSR count). The van der Waals surface area contributed by atoms with Crippen molar-refractivity contribution in [3.8, 4) is 5.75 Å². The first-order chi connectivity index (χ1) is 16.9. The first-order valence-corrected chi connectivity index (χ1v) is 12.8. The minimum absolute atomic E-state index is 0.0111. The number of rotatable bonds is 11. The van der Waals surface area contributed by atoms with E-state index < -0.39 is 6.04 Å². The number of hydrogen-bond donors (Lipinski definition) is 1. The van der Waals surface area contributed by atoms with Gasteiger partial charge in [-0.2, -0.15) is 0 Å². The Balaban J connectivity index is 1.92. The Labute approximate surface area is 220 Å². The van der Waals surface area contributed by atoms with Crippen LogP contribution in [-0.4, -0.2) is 35.4 Å². The zero-order valence-electron chi connectivity index (χ0n) is 19.9. The van der Waals surface area contributed by atoms with Gasteiger partial charge in [0.15, 0.2) is 6.61 Å². The van der Waals surface area contributed by atoms with Gasteiger partial charge in [0.05, 0.1) is 5.02 Å². The lowest BCUT2D eigenvalue weighted by molar-refractivity contribution is -0.143. The summed E-state index contributed by atoms with van der Waals surface area (Å²) in [5.41, 5.74) is 1.87. The van der Waals surface area contributed by atoms with Crippen LogP contribution in [0.15, 0.2) is 83.3 Å². The largest absolute Gasteiger partial charge is 0.482 e. The van der Waals surface area contributed by atoms with E-state index in [0.29, 0.717) is 17.2 Å². The van der Waals surface area contributed by atoms with Gasteiger partial charge in [-0.25, -0.2) is 0 Å². The predicted octanol–water partition coefficient (Wildman–Crippen LogP) is 6.04. The second-order valence-electron chi connectivity index (χ2n) is 8.39. The van der Waals surface area contributed by atoms with Gasteiger partial charge in [-0.3, -0.25) is 9.59 Å². The fraction of sp³-hybridized carbons (Fsp3) is 0.286. The summed E-state index contributed by atoms with van der Waals surface area (Å²) in [5.74, 6) is -0.0667. The summed E-state index contributed by atoms with van der Waals surface area (Å²) in [6.45, 7) is 3.99. The quantitative estimate of drug-likeness (QED) is 0.313. The van der Waals surface area contributed by atoms with Crippen LogP contribution in [0.25, 0.3) is 0 Å². The average molecular weight is 558 g/mol. The number of amides is 2. The van der Waals surface area contributed by atoms with E-state index in [1.807, 2.05) is 68.4 Å². The molecule has 0 aliphatic heterocycles. The maximum atomic E-state index is 13.6. The van der Waals surface area contributed by atoms with Crippen LogP contribution in [0.5, 0.6) is 5.75 Å². The van der Waals surface area contributed by atoms with Crippen molar-refractivity contribution in [3.63, 3.8) is 0 Å². The van der Waals surface area contributed by atoms with Gasteiger partial charge in [0, 0.05) is 23.5 Å². The highest BCUT2D eigenvalue weighted by Crippen LogP contribution is 2.24. The van der Waals surface area contributed by atoms with Crippen molar-refractivity contribution in [1.29, 1.82) is 0 Å². The SMILES string of the molecule is CC[C@H](C)NC(=O)[C@H](Cc1ccccc1)N(Cc1cccc(Br)c1)C(=O)COc1ccccc1Cl. The van der Waals surface area contributed by atoms with Gasteiger partial charge in [-0.15, -0.1) is 0 Å². The molecule has 3 aromatic rings. The topological polar surface area (TPSA) is 58.6 Å². The first-order valence-electron chi connectivity index (χ1n) is 11.6. The third-order valence-corrected chi connectivity index (χ3v) is 6.51. The molecule has 5 nitrogen and oxygen atoms in total. The normalized spacial score (nSPS) is 12.5. The van der Waals surface area contributed by atoms with E-state index in [-0.39, 0.29) is 31.0 Å². The van der Waals surface area contributed by atoms with Crippen LogP contribution in [0, 0.1) is 0 Å². The Morgan fingerprint density at radius 3 is 2.37 bits per heavy atom. The van der Waals surface area contributed by atoms with E-state index in [4.69, 9.17) is 16.3 Å². The number of halogens is 2. The molecule has 0 saturated heterocycles. The van der Waals surface area contributed by atoms with Gasteiger partial charge in [-0.1, -0.05) is 89.1 Å². The Kier molecular flexibility index (Phi) is 10.2. The van der Waals surface area contributed by atoms with Crippen LogP contribution in [0.4, 0.5) is 0 Å². The summed E-state index contributed by atoms with van der Waals surface area (Å²) in [6.07, 6.45) is 1.17. The average Bonchev–Trinajstić information content (AvgIpc) is 2.86. The van der Waals surface area contributed by atoms with E-state index in [1.54, 1.807) is 29.2 Å². The number of ether oxygens (including phenoxy) is 1. The van der Waals surface area contributed by atoms with Crippen LogP contribution < -0.4 is 10.1 Å². The van der Waals surface area contributed by atoms with Gasteiger partial charge in [0.2, 0.25) is 5.91 Å². The van der Waals surface area contributed by atoms with Crippen molar-refractivity contribution in [2.75, 3.05) is 6.61 Å². The standard InChI is InChI=1S/C28H30BrClN2O3/c1-3-20(2)31-28(34)25(17-21-10-5-4-6-11-21)32(18-22-12-9-13-23(29)16-22)27(33)19-35-26-15-8-7-14-24(26)30/h4-16,20,25H,3,17-19H2,1-2H3,(H,31,34)/t20-,25-/m0/s1. The number of benzene rings is 3. The third kappa shape index (κ3) is 8.11. The highest BCUT2D eigenvalue weighted by Gasteiger charge is 2.31. The number of nitrogens with zero attached hydrogens (tertiary/aromatic N) is 1. The zero-order valence-corrected chi connectivity index (χ0v) is 22.3. The van der Waals surface area contributed by atoms with Crippen LogP contribution in [0.2, 0.25) is 5.02 Å². The Bertz CT molecular complexity index is 1130. The van der Waals surface area contributed by atoms with E-state index in [1.165, 1.54) is 0 Å². The second-order valence-corrected chi connectivity index (χ2v) is 9.72. The van der Waals surface area contributed by atoms with Gasteiger partial charge in [0.25, 0.3) is 5.91 Å². The summed E-state index contributed by atoms with van der Waals surface area (Å²) in [5, 5.41) is 3.49. The monoisotopic (exact) mass is 556 g/mol. The fourth-order valence-corrected chi connectivity index (χ4v) is 4.25. The molecule has 35 heavy (non-hydrogen) atoms. The Morgan fingerprint density at radius 1 is 1.00 bits per heavy atom. The lowest BCUT2D eigenvalue weighted by Crippen LogP contribution is -2.53. The lowest BCUT2D eigenvalue weighted by Gasteiger charge is -2.32. The Morgan fingerprint density at radius 2 is 1.69 bits per heavy atom. The molecule has 184 valence electrons. The van der Waals surface area contributed by atoms with Gasteiger partial charge in [-0.05, 0) is 48.7 Å². The van der Waals surface area contributed by atoms with E-state index in [9.17, 15) is 9.59 Å². The summed E-state index contributed by atoms with van der Waals surface area (Å²) in [6, 6.07) is 23.7. The number of carbonyl (C=O) groups excluding carboxylic acids is 2. The molecule has 7 heteroatoms. The molecule has 3 aromatic carbocycles. The highest BCUT2D eigenvalue weighted by atomic mass is 79.9. The molecule has 0 aliphatic rings. The number of carbonyl (C=O) groups is 2. The van der Waals surface area contributed by atoms with Crippen molar-refractivity contribution in [2.24, 2.45) is 0 Å². The molecule has 0 aliphatic carbocycles. The summed E-state index contributed by atoms with van der Waals surface area (Å²) in [7, 11) is 0. The number of hydrogen-bond acceptors (Lipinski definition) is 3. The summed E-state index contributed by atoms with van der Waals surface area (Å²) >= 11 is 9.71. The van der Waals surface area contributed by atoms with Crippen LogP contribution in [0.3, 0.4) is 0 Å². The van der Waals surface area contributed by atoms with Crippen molar-refractivity contribution in [3.05, 3.63) is 99.5 Å². The van der Waals surface area contributed by atoms with Crippen LogP contribution >= 0.6 is 27.5 Å². The summed E-state index contributed by atoms with van der Waals surface area (Å²) in [4.78, 5) is 28.6. The minimum Gasteiger partial charge on any atom is -0.482 e. The predicted molar refractivity (Wildman–Crippen MR) is 143 cm³/mol. The van der Waals surface area contributed by atoms with Gasteiger partial charge < -0.3 is 15.0 Å². The maximum Gasteiger partial charge on any atom is 0.261 e. The van der Waals surface area contributed by atoms with Crippen molar-refractivity contribution < 1.29 is 14.3 Å². The molecule has 0 bridgehead atoms. The van der Waals surface area contributed by atoms with Crippen molar-refractivity contribution in [2.45, 2.75) is 45.3 Å². The number of para-hydroxylation sites is 1. The molecule has 1 N–H and O–H groups in total. The molecule has 2 amide bonds. The fourth-order valence-electron chi connectivity index (χ4n) is 3.61. The molecule has 0 saturated carbocycles.